The number of pyridine rings is 2. The average Bonchev–Trinajstić information content (AvgIpc) is 3.18. The molecule has 0 saturated carbocycles. The summed E-state index contributed by atoms with van der Waals surface area (Å²) >= 11 is 0. The van der Waals surface area contributed by atoms with Gasteiger partial charge in [0, 0.05) is 42.0 Å². The summed E-state index contributed by atoms with van der Waals surface area (Å²) < 4.78 is 8.27. The summed E-state index contributed by atoms with van der Waals surface area (Å²) in [6.07, 6.45) is 3.81. The van der Waals surface area contributed by atoms with Crippen molar-refractivity contribution in [2.75, 3.05) is 12.4 Å². The van der Waals surface area contributed by atoms with Crippen molar-refractivity contribution in [3.8, 4) is 11.6 Å². The Morgan fingerprint density at radius 2 is 1.87 bits per heavy atom. The van der Waals surface area contributed by atoms with Crippen molar-refractivity contribution in [2.45, 2.75) is 6.54 Å². The summed E-state index contributed by atoms with van der Waals surface area (Å²) in [7, 11) is 1.88. The number of nitrogens with one attached hydrogen (secondary N) is 1. The second kappa shape index (κ2) is 8.43. The lowest BCUT2D eigenvalue weighted by Gasteiger charge is -2.09. The smallest absolute Gasteiger partial charge is 0.221 e. The lowest BCUT2D eigenvalue weighted by atomic mass is 10.2. The number of anilines is 1. The van der Waals surface area contributed by atoms with E-state index >= 15 is 0 Å². The number of rotatable bonds is 5. The van der Waals surface area contributed by atoms with Crippen LogP contribution >= 0.6 is 12.4 Å². The molecule has 30 heavy (non-hydrogen) atoms. The van der Waals surface area contributed by atoms with Crippen molar-refractivity contribution in [3.05, 3.63) is 90.9 Å². The summed E-state index contributed by atoms with van der Waals surface area (Å²) in [5, 5.41) is 5.30. The molecule has 0 aliphatic heterocycles. The molecule has 0 spiro atoms. The van der Waals surface area contributed by atoms with Crippen LogP contribution in [0.4, 0.5) is 5.69 Å². The quantitative estimate of drug-likeness (QED) is 0.388. The first-order valence-corrected chi connectivity index (χ1v) is 9.54. The SMILES string of the molecule is CNc1ccnc(Oc2cccc3c2ccn3Cc2ccc3ccccc3n2)c1.Cl. The van der Waals surface area contributed by atoms with E-state index in [-0.39, 0.29) is 12.4 Å². The van der Waals surface area contributed by atoms with Crippen LogP contribution in [-0.2, 0) is 6.54 Å². The number of hydrogen-bond donors (Lipinski definition) is 1. The van der Waals surface area contributed by atoms with Gasteiger partial charge in [0.25, 0.3) is 0 Å². The van der Waals surface area contributed by atoms with Gasteiger partial charge in [0.05, 0.1) is 23.3 Å². The molecule has 3 aromatic heterocycles. The zero-order chi connectivity index (χ0) is 19.6. The van der Waals surface area contributed by atoms with E-state index in [4.69, 9.17) is 9.72 Å². The molecule has 0 aliphatic carbocycles. The molecule has 0 fully saturated rings. The number of ether oxygens (including phenoxy) is 1. The Hall–Kier alpha value is -3.57. The molecule has 150 valence electrons. The Kier molecular flexibility index (Phi) is 5.55. The van der Waals surface area contributed by atoms with Crippen LogP contribution in [0.5, 0.6) is 11.6 Å². The molecule has 5 rings (SSSR count). The van der Waals surface area contributed by atoms with Crippen molar-refractivity contribution in [2.24, 2.45) is 0 Å². The van der Waals surface area contributed by atoms with E-state index in [0.717, 1.165) is 38.9 Å². The molecule has 0 unspecified atom stereocenters. The van der Waals surface area contributed by atoms with Crippen molar-refractivity contribution < 1.29 is 4.74 Å². The Labute approximate surface area is 180 Å². The molecule has 0 bridgehead atoms. The maximum absolute atomic E-state index is 6.08. The first kappa shape index (κ1) is 19.7. The molecule has 5 aromatic rings. The highest BCUT2D eigenvalue weighted by molar-refractivity contribution is 5.87. The predicted molar refractivity (Wildman–Crippen MR) is 124 cm³/mol. The molecule has 0 saturated heterocycles. The molecule has 1 N–H and O–H groups in total. The number of fused-ring (bicyclic) bond motifs is 2. The Morgan fingerprint density at radius 1 is 0.967 bits per heavy atom. The normalized spacial score (nSPS) is 10.7. The predicted octanol–water partition coefficient (Wildman–Crippen LogP) is 5.89. The number of hydrogen-bond acceptors (Lipinski definition) is 4. The molecular weight excluding hydrogens is 396 g/mol. The molecule has 0 amide bonds. The van der Waals surface area contributed by atoms with Crippen LogP contribution in [0.15, 0.2) is 85.2 Å². The number of para-hydroxylation sites is 1. The highest BCUT2D eigenvalue weighted by Gasteiger charge is 2.09. The van der Waals surface area contributed by atoms with Gasteiger partial charge >= 0.3 is 0 Å². The second-order valence-corrected chi connectivity index (χ2v) is 6.86. The minimum atomic E-state index is 0. The van der Waals surface area contributed by atoms with Crippen LogP contribution in [-0.4, -0.2) is 21.6 Å². The van der Waals surface area contributed by atoms with Gasteiger partial charge in [-0.05, 0) is 36.4 Å². The van der Waals surface area contributed by atoms with E-state index in [1.807, 2.05) is 49.5 Å². The van der Waals surface area contributed by atoms with E-state index in [2.05, 4.69) is 51.4 Å². The van der Waals surface area contributed by atoms with Crippen molar-refractivity contribution in [3.63, 3.8) is 0 Å². The van der Waals surface area contributed by atoms with Crippen molar-refractivity contribution in [1.29, 1.82) is 0 Å². The van der Waals surface area contributed by atoms with E-state index in [1.165, 1.54) is 0 Å². The number of nitrogens with zero attached hydrogens (tertiary/aromatic N) is 3. The fourth-order valence-electron chi connectivity index (χ4n) is 3.53. The molecule has 6 heteroatoms. The number of halogens is 1. The van der Waals surface area contributed by atoms with Gasteiger partial charge < -0.3 is 14.6 Å². The van der Waals surface area contributed by atoms with Gasteiger partial charge in [-0.25, -0.2) is 4.98 Å². The zero-order valence-electron chi connectivity index (χ0n) is 16.4. The summed E-state index contributed by atoms with van der Waals surface area (Å²) in [5.74, 6) is 1.35. The third-order valence-electron chi connectivity index (χ3n) is 5.00. The average molecular weight is 417 g/mol. The standard InChI is InChI=1S/C24H20N4O.ClH/c1-25-18-11-13-26-24(15-18)29-23-8-4-7-22-20(23)12-14-28(22)16-19-10-9-17-5-2-3-6-21(17)27-19;/h2-15H,16H2,1H3,(H,25,26);1H. The molecule has 3 heterocycles. The minimum absolute atomic E-state index is 0. The fraction of sp³-hybridized carbons (Fsp3) is 0.0833. The van der Waals surface area contributed by atoms with E-state index in [9.17, 15) is 0 Å². The molecule has 0 radical (unpaired) electrons. The summed E-state index contributed by atoms with van der Waals surface area (Å²) in [6, 6.07) is 24.3. The van der Waals surface area contributed by atoms with Gasteiger partial charge in [-0.3, -0.25) is 4.98 Å². The topological polar surface area (TPSA) is 52.0 Å². The second-order valence-electron chi connectivity index (χ2n) is 6.86. The lowest BCUT2D eigenvalue weighted by Crippen LogP contribution is -2.00. The Bertz CT molecular complexity index is 1320. The number of benzene rings is 2. The maximum atomic E-state index is 6.08. The summed E-state index contributed by atoms with van der Waals surface area (Å²) in [5.41, 5.74) is 4.10. The largest absolute Gasteiger partial charge is 0.438 e. The molecule has 2 aromatic carbocycles. The first-order valence-electron chi connectivity index (χ1n) is 9.54. The van der Waals surface area contributed by atoms with E-state index < -0.39 is 0 Å². The van der Waals surface area contributed by atoms with Crippen LogP contribution in [0.2, 0.25) is 0 Å². The van der Waals surface area contributed by atoms with Crippen LogP contribution in [0.3, 0.4) is 0 Å². The third-order valence-corrected chi connectivity index (χ3v) is 5.00. The molecule has 0 aliphatic rings. The molecule has 5 nitrogen and oxygen atoms in total. The zero-order valence-corrected chi connectivity index (χ0v) is 17.3. The van der Waals surface area contributed by atoms with Crippen LogP contribution < -0.4 is 10.1 Å². The molecule has 0 atom stereocenters. The summed E-state index contributed by atoms with van der Waals surface area (Å²) in [4.78, 5) is 9.11. The summed E-state index contributed by atoms with van der Waals surface area (Å²) in [6.45, 7) is 0.700. The fourth-order valence-corrected chi connectivity index (χ4v) is 3.53. The van der Waals surface area contributed by atoms with Crippen LogP contribution in [0, 0.1) is 0 Å². The van der Waals surface area contributed by atoms with Crippen LogP contribution in [0.25, 0.3) is 21.8 Å². The minimum Gasteiger partial charge on any atom is -0.438 e. The van der Waals surface area contributed by atoms with Gasteiger partial charge in [0.15, 0.2) is 0 Å². The third kappa shape index (κ3) is 3.80. The van der Waals surface area contributed by atoms with Crippen LogP contribution in [0.1, 0.15) is 5.69 Å². The van der Waals surface area contributed by atoms with E-state index in [1.54, 1.807) is 6.20 Å². The maximum Gasteiger partial charge on any atom is 0.221 e. The van der Waals surface area contributed by atoms with Gasteiger partial charge in [-0.15, -0.1) is 12.4 Å². The molecular formula is C24H21ClN4O. The lowest BCUT2D eigenvalue weighted by molar-refractivity contribution is 0.468. The Morgan fingerprint density at radius 3 is 2.77 bits per heavy atom. The van der Waals surface area contributed by atoms with Crippen molar-refractivity contribution >= 4 is 39.9 Å². The van der Waals surface area contributed by atoms with E-state index in [0.29, 0.717) is 12.4 Å². The first-order chi connectivity index (χ1) is 14.3. The monoisotopic (exact) mass is 416 g/mol. The van der Waals surface area contributed by atoms with Gasteiger partial charge in [-0.1, -0.05) is 30.3 Å². The van der Waals surface area contributed by atoms with Gasteiger partial charge in [0.1, 0.15) is 5.75 Å². The van der Waals surface area contributed by atoms with Crippen molar-refractivity contribution in [1.82, 2.24) is 14.5 Å². The number of aromatic nitrogens is 3. The highest BCUT2D eigenvalue weighted by atomic mass is 35.5. The van der Waals surface area contributed by atoms with Gasteiger partial charge in [0.2, 0.25) is 5.88 Å². The Balaban J connectivity index is 0.00000218. The van der Waals surface area contributed by atoms with Gasteiger partial charge in [-0.2, -0.15) is 0 Å². The highest BCUT2D eigenvalue weighted by Crippen LogP contribution is 2.31.